The lowest BCUT2D eigenvalue weighted by Gasteiger charge is -2.18. The van der Waals surface area contributed by atoms with E-state index in [0.29, 0.717) is 35.2 Å². The lowest BCUT2D eigenvalue weighted by molar-refractivity contribution is 0.0600. The topological polar surface area (TPSA) is 119 Å². The third-order valence-electron chi connectivity index (χ3n) is 6.22. The fraction of sp³-hybridized carbons (Fsp3) is 0.214. The number of carbonyl (C=O) groups is 2. The van der Waals surface area contributed by atoms with Gasteiger partial charge in [-0.3, -0.25) is 14.2 Å². The lowest BCUT2D eigenvalue weighted by Crippen LogP contribution is -2.38. The number of benzene rings is 3. The van der Waals surface area contributed by atoms with E-state index in [0.717, 1.165) is 15.9 Å². The second-order valence-corrected chi connectivity index (χ2v) is 8.43. The van der Waals surface area contributed by atoms with Gasteiger partial charge in [-0.25, -0.2) is 9.59 Å². The number of H-pyrrole nitrogens is 1. The zero-order valence-electron chi connectivity index (χ0n) is 20.7. The van der Waals surface area contributed by atoms with Crippen molar-refractivity contribution in [1.82, 2.24) is 14.9 Å². The molecule has 1 aromatic heterocycles. The Morgan fingerprint density at radius 2 is 1.62 bits per heavy atom. The summed E-state index contributed by atoms with van der Waals surface area (Å²) < 4.78 is 11.0. The molecule has 9 nitrogen and oxygen atoms in total. The molecule has 1 atom stereocenters. The van der Waals surface area contributed by atoms with E-state index in [1.54, 1.807) is 43.5 Å². The molecule has 37 heavy (non-hydrogen) atoms. The van der Waals surface area contributed by atoms with Crippen molar-refractivity contribution in [2.24, 2.45) is 0 Å². The fourth-order valence-corrected chi connectivity index (χ4v) is 4.21. The molecule has 0 saturated heterocycles. The van der Waals surface area contributed by atoms with Gasteiger partial charge in [0, 0.05) is 12.1 Å². The summed E-state index contributed by atoms with van der Waals surface area (Å²) in [7, 11) is 2.88. The van der Waals surface area contributed by atoms with Crippen LogP contribution in [0, 0.1) is 0 Å². The van der Waals surface area contributed by atoms with E-state index < -0.39 is 23.3 Å². The number of hydrogen-bond donors (Lipinski definition) is 2. The van der Waals surface area contributed by atoms with Crippen molar-refractivity contribution in [2.45, 2.75) is 25.9 Å². The van der Waals surface area contributed by atoms with Crippen LogP contribution in [0.15, 0.2) is 76.3 Å². The Bertz CT molecular complexity index is 1550. The Kier molecular flexibility index (Phi) is 7.52. The van der Waals surface area contributed by atoms with Gasteiger partial charge in [-0.1, -0.05) is 31.2 Å². The summed E-state index contributed by atoms with van der Waals surface area (Å²) in [5.74, 6) is -0.0990. The van der Waals surface area contributed by atoms with Crippen molar-refractivity contribution in [3.8, 4) is 5.75 Å². The van der Waals surface area contributed by atoms with Crippen LogP contribution in [0.2, 0.25) is 0 Å². The number of ether oxygens (including phenoxy) is 2. The first-order valence-corrected chi connectivity index (χ1v) is 11.7. The van der Waals surface area contributed by atoms with Gasteiger partial charge in [0.1, 0.15) is 5.75 Å². The number of esters is 1. The standard InChI is InChI=1S/C28H27N3O6/c1-4-24(18-7-9-19(10-8-18)27(34)37-3)31-26(33)22-15-20(11-14-23(22)30-28(31)35)25(32)29-16-17-5-12-21(36-2)13-6-17/h5-15,24H,4,16H2,1-3H3,(H,29,32)(H,30,35). The van der Waals surface area contributed by atoms with E-state index in [2.05, 4.69) is 10.3 Å². The van der Waals surface area contributed by atoms with E-state index in [1.165, 1.54) is 13.2 Å². The molecule has 0 aliphatic heterocycles. The summed E-state index contributed by atoms with van der Waals surface area (Å²) in [4.78, 5) is 53.7. The maximum Gasteiger partial charge on any atom is 0.337 e. The second kappa shape index (κ2) is 10.9. The maximum atomic E-state index is 13.5. The number of nitrogens with one attached hydrogen (secondary N) is 2. The minimum Gasteiger partial charge on any atom is -0.497 e. The minimum atomic E-state index is -0.570. The van der Waals surface area contributed by atoms with Crippen LogP contribution in [0.1, 0.15) is 51.2 Å². The SMILES string of the molecule is CCC(c1ccc(C(=O)OC)cc1)n1c(=O)[nH]c2ccc(C(=O)NCc3ccc(OC)cc3)cc2c1=O. The smallest absolute Gasteiger partial charge is 0.337 e. The van der Waals surface area contributed by atoms with Crippen molar-refractivity contribution in [3.63, 3.8) is 0 Å². The molecule has 0 fully saturated rings. The molecule has 1 amide bonds. The maximum absolute atomic E-state index is 13.5. The summed E-state index contributed by atoms with van der Waals surface area (Å²) in [6.45, 7) is 2.16. The summed E-state index contributed by atoms with van der Waals surface area (Å²) >= 11 is 0. The molecular formula is C28H27N3O6. The molecule has 0 saturated carbocycles. The highest BCUT2D eigenvalue weighted by molar-refractivity contribution is 5.97. The number of hydrogen-bond acceptors (Lipinski definition) is 6. The van der Waals surface area contributed by atoms with Crippen LogP contribution in [-0.4, -0.2) is 35.6 Å². The highest BCUT2D eigenvalue weighted by Gasteiger charge is 2.19. The lowest BCUT2D eigenvalue weighted by atomic mass is 10.0. The number of carbonyl (C=O) groups excluding carboxylic acids is 2. The number of rotatable bonds is 8. The van der Waals surface area contributed by atoms with Crippen LogP contribution in [0.3, 0.4) is 0 Å². The second-order valence-electron chi connectivity index (χ2n) is 8.43. The minimum absolute atomic E-state index is 0.223. The molecule has 0 spiro atoms. The monoisotopic (exact) mass is 501 g/mol. The van der Waals surface area contributed by atoms with Crippen molar-refractivity contribution in [1.29, 1.82) is 0 Å². The number of nitrogens with zero attached hydrogens (tertiary/aromatic N) is 1. The van der Waals surface area contributed by atoms with Crippen molar-refractivity contribution in [3.05, 3.63) is 110 Å². The Morgan fingerprint density at radius 1 is 0.946 bits per heavy atom. The first kappa shape index (κ1) is 25.4. The highest BCUT2D eigenvalue weighted by Crippen LogP contribution is 2.21. The number of methoxy groups -OCH3 is 2. The van der Waals surface area contributed by atoms with Gasteiger partial charge in [0.25, 0.3) is 11.5 Å². The Morgan fingerprint density at radius 3 is 2.24 bits per heavy atom. The average Bonchev–Trinajstić information content (AvgIpc) is 2.93. The molecule has 0 bridgehead atoms. The number of aromatic amines is 1. The largest absolute Gasteiger partial charge is 0.497 e. The van der Waals surface area contributed by atoms with Gasteiger partial charge in [-0.15, -0.1) is 0 Å². The molecule has 4 rings (SSSR count). The Labute approximate surface area is 212 Å². The van der Waals surface area contributed by atoms with Gasteiger partial charge in [0.15, 0.2) is 0 Å². The van der Waals surface area contributed by atoms with E-state index in [1.807, 2.05) is 31.2 Å². The van der Waals surface area contributed by atoms with Gasteiger partial charge in [0.2, 0.25) is 0 Å². The van der Waals surface area contributed by atoms with Crippen molar-refractivity contribution < 1.29 is 19.1 Å². The first-order valence-electron chi connectivity index (χ1n) is 11.7. The molecule has 1 heterocycles. The fourth-order valence-electron chi connectivity index (χ4n) is 4.21. The predicted octanol–water partition coefficient (Wildman–Crippen LogP) is 3.41. The average molecular weight is 502 g/mol. The summed E-state index contributed by atoms with van der Waals surface area (Å²) in [5, 5.41) is 3.07. The quantitative estimate of drug-likeness (QED) is 0.357. The molecule has 3 aromatic carbocycles. The summed E-state index contributed by atoms with van der Waals surface area (Å²) in [6.07, 6.45) is 0.452. The molecule has 4 aromatic rings. The van der Waals surface area contributed by atoms with Crippen molar-refractivity contribution in [2.75, 3.05) is 14.2 Å². The molecule has 1 unspecified atom stereocenters. The molecule has 0 aliphatic carbocycles. The predicted molar refractivity (Wildman–Crippen MR) is 139 cm³/mol. The Balaban J connectivity index is 1.64. The number of fused-ring (bicyclic) bond motifs is 1. The number of amides is 1. The van der Waals surface area contributed by atoms with E-state index >= 15 is 0 Å². The zero-order valence-corrected chi connectivity index (χ0v) is 20.7. The molecule has 9 heteroatoms. The van der Waals surface area contributed by atoms with Gasteiger partial charge in [0.05, 0.1) is 36.7 Å². The van der Waals surface area contributed by atoms with Crippen LogP contribution in [0.5, 0.6) is 5.75 Å². The summed E-state index contributed by atoms with van der Waals surface area (Å²) in [5.41, 5.74) is 1.53. The zero-order chi connectivity index (χ0) is 26.5. The van der Waals surface area contributed by atoms with Crippen LogP contribution >= 0.6 is 0 Å². The van der Waals surface area contributed by atoms with E-state index in [9.17, 15) is 19.2 Å². The third kappa shape index (κ3) is 5.30. The van der Waals surface area contributed by atoms with Crippen LogP contribution in [0.25, 0.3) is 10.9 Å². The van der Waals surface area contributed by atoms with Gasteiger partial charge in [-0.2, -0.15) is 0 Å². The molecule has 0 aliphatic rings. The van der Waals surface area contributed by atoms with E-state index in [4.69, 9.17) is 9.47 Å². The molecular weight excluding hydrogens is 474 g/mol. The van der Waals surface area contributed by atoms with Crippen LogP contribution < -0.4 is 21.3 Å². The third-order valence-corrected chi connectivity index (χ3v) is 6.22. The first-order chi connectivity index (χ1) is 17.9. The van der Waals surface area contributed by atoms with Gasteiger partial charge >= 0.3 is 11.7 Å². The molecule has 2 N–H and O–H groups in total. The number of aromatic nitrogens is 2. The normalized spacial score (nSPS) is 11.6. The Hall–Kier alpha value is -4.66. The van der Waals surface area contributed by atoms with Gasteiger partial charge in [-0.05, 0) is 60.0 Å². The van der Waals surface area contributed by atoms with Crippen LogP contribution in [0.4, 0.5) is 0 Å². The highest BCUT2D eigenvalue weighted by atomic mass is 16.5. The molecule has 190 valence electrons. The van der Waals surface area contributed by atoms with E-state index in [-0.39, 0.29) is 11.3 Å². The van der Waals surface area contributed by atoms with Crippen LogP contribution in [-0.2, 0) is 11.3 Å². The molecule has 0 radical (unpaired) electrons. The van der Waals surface area contributed by atoms with Gasteiger partial charge < -0.3 is 19.8 Å². The van der Waals surface area contributed by atoms with Crippen molar-refractivity contribution >= 4 is 22.8 Å². The summed E-state index contributed by atoms with van der Waals surface area (Å²) in [6, 6.07) is 17.9.